The van der Waals surface area contributed by atoms with Gasteiger partial charge in [0.15, 0.2) is 10.9 Å². The Bertz CT molecular complexity index is 875. The summed E-state index contributed by atoms with van der Waals surface area (Å²) in [5.41, 5.74) is 0. The van der Waals surface area contributed by atoms with E-state index >= 15 is 0 Å². The van der Waals surface area contributed by atoms with Gasteiger partial charge in [-0.3, -0.25) is 14.5 Å². The van der Waals surface area contributed by atoms with Gasteiger partial charge < -0.3 is 18.8 Å². The molecular formula is C20H28N6O3S. The zero-order valence-electron chi connectivity index (χ0n) is 17.5. The first-order chi connectivity index (χ1) is 14.6. The molecule has 2 saturated heterocycles. The van der Waals surface area contributed by atoms with Crippen LogP contribution in [0.5, 0.6) is 0 Å². The van der Waals surface area contributed by atoms with E-state index < -0.39 is 0 Å². The van der Waals surface area contributed by atoms with Crippen molar-refractivity contribution in [3.05, 3.63) is 30.0 Å². The quantitative estimate of drug-likeness (QED) is 0.658. The van der Waals surface area contributed by atoms with E-state index in [9.17, 15) is 9.59 Å². The number of carbonyl (C=O) groups excluding carboxylic acids is 2. The molecule has 10 heteroatoms. The summed E-state index contributed by atoms with van der Waals surface area (Å²) in [6.07, 6.45) is 5.62. The second kappa shape index (κ2) is 9.22. The number of nitrogens with zero attached hydrogens (tertiary/aromatic N) is 6. The number of aromatic nitrogens is 3. The van der Waals surface area contributed by atoms with Crippen molar-refractivity contribution in [1.82, 2.24) is 29.5 Å². The van der Waals surface area contributed by atoms with Crippen molar-refractivity contribution in [3.63, 3.8) is 0 Å². The Kier molecular flexibility index (Phi) is 6.43. The van der Waals surface area contributed by atoms with Gasteiger partial charge in [0.1, 0.15) is 5.82 Å². The van der Waals surface area contributed by atoms with E-state index in [1.807, 2.05) is 18.2 Å². The third kappa shape index (κ3) is 4.39. The minimum absolute atomic E-state index is 0.112. The second-order valence-electron chi connectivity index (χ2n) is 7.83. The average molecular weight is 433 g/mol. The molecule has 9 nitrogen and oxygen atoms in total. The lowest BCUT2D eigenvalue weighted by molar-refractivity contribution is -0.134. The first kappa shape index (κ1) is 20.9. The molecule has 2 aromatic heterocycles. The minimum atomic E-state index is -0.112. The smallest absolute Gasteiger partial charge is 0.289 e. The van der Waals surface area contributed by atoms with Crippen molar-refractivity contribution in [3.8, 4) is 0 Å². The molecule has 0 bridgehead atoms. The fourth-order valence-corrected chi connectivity index (χ4v) is 4.77. The molecule has 1 atom stereocenters. The van der Waals surface area contributed by atoms with E-state index in [0.717, 1.165) is 36.9 Å². The highest BCUT2D eigenvalue weighted by atomic mass is 32.2. The molecule has 0 aromatic carbocycles. The van der Waals surface area contributed by atoms with Crippen molar-refractivity contribution in [2.75, 3.05) is 52.1 Å². The Labute approximate surface area is 180 Å². The molecule has 2 amide bonds. The minimum Gasteiger partial charge on any atom is -0.459 e. The predicted molar refractivity (Wildman–Crippen MR) is 112 cm³/mol. The Hall–Kier alpha value is -2.33. The van der Waals surface area contributed by atoms with Gasteiger partial charge in [0.05, 0.1) is 12.8 Å². The summed E-state index contributed by atoms with van der Waals surface area (Å²) in [6, 6.07) is 3.38. The van der Waals surface area contributed by atoms with Gasteiger partial charge in [-0.25, -0.2) is 0 Å². The maximum absolute atomic E-state index is 12.9. The van der Waals surface area contributed by atoms with Gasteiger partial charge in [-0.05, 0) is 37.8 Å². The van der Waals surface area contributed by atoms with E-state index in [1.54, 1.807) is 28.8 Å². The van der Waals surface area contributed by atoms with Crippen molar-refractivity contribution in [2.24, 2.45) is 7.05 Å². The van der Waals surface area contributed by atoms with E-state index in [1.165, 1.54) is 6.26 Å². The molecule has 2 aliphatic rings. The number of likely N-dealkylation sites (tertiary alicyclic amines) is 1. The van der Waals surface area contributed by atoms with Gasteiger partial charge in [0, 0.05) is 45.7 Å². The van der Waals surface area contributed by atoms with E-state index in [2.05, 4.69) is 19.7 Å². The number of carbonyl (C=O) groups is 2. The summed E-state index contributed by atoms with van der Waals surface area (Å²) in [7, 11) is 2.01. The van der Waals surface area contributed by atoms with Crippen LogP contribution in [0.1, 0.15) is 35.1 Å². The van der Waals surface area contributed by atoms with Gasteiger partial charge >= 0.3 is 0 Å². The van der Waals surface area contributed by atoms with E-state index in [4.69, 9.17) is 4.42 Å². The molecule has 2 aliphatic heterocycles. The molecular weight excluding hydrogens is 404 g/mol. The fraction of sp³-hybridized carbons (Fsp3) is 0.600. The number of furan rings is 1. The van der Waals surface area contributed by atoms with Gasteiger partial charge in [-0.1, -0.05) is 11.8 Å². The number of rotatable bonds is 5. The zero-order chi connectivity index (χ0) is 21.1. The summed E-state index contributed by atoms with van der Waals surface area (Å²) in [4.78, 5) is 31.1. The molecule has 2 fully saturated rings. The van der Waals surface area contributed by atoms with Gasteiger partial charge in [0.2, 0.25) is 5.91 Å². The predicted octanol–water partition coefficient (Wildman–Crippen LogP) is 1.29. The fourth-order valence-electron chi connectivity index (χ4n) is 4.28. The van der Waals surface area contributed by atoms with E-state index in [0.29, 0.717) is 44.4 Å². The molecule has 0 spiro atoms. The molecule has 2 aromatic rings. The zero-order valence-corrected chi connectivity index (χ0v) is 18.3. The van der Waals surface area contributed by atoms with Gasteiger partial charge in [-0.2, -0.15) is 0 Å². The SMILES string of the molecule is CSc1nnc(C2CCCN(CC(=O)N3CCN(C(=O)c4ccco4)CC3)C2)n1C. The molecule has 4 heterocycles. The Morgan fingerprint density at radius 1 is 1.17 bits per heavy atom. The number of amides is 2. The van der Waals surface area contributed by atoms with Crippen molar-refractivity contribution < 1.29 is 14.0 Å². The summed E-state index contributed by atoms with van der Waals surface area (Å²) < 4.78 is 7.26. The number of thioether (sulfide) groups is 1. The first-order valence-corrected chi connectivity index (χ1v) is 11.6. The van der Waals surface area contributed by atoms with Crippen LogP contribution in [-0.2, 0) is 11.8 Å². The van der Waals surface area contributed by atoms with Crippen molar-refractivity contribution in [2.45, 2.75) is 23.9 Å². The van der Waals surface area contributed by atoms with Crippen LogP contribution in [0.4, 0.5) is 0 Å². The van der Waals surface area contributed by atoms with E-state index in [-0.39, 0.29) is 11.8 Å². The third-order valence-electron chi connectivity index (χ3n) is 5.93. The van der Waals surface area contributed by atoms with Crippen LogP contribution < -0.4 is 0 Å². The van der Waals surface area contributed by atoms with Crippen LogP contribution in [0.2, 0.25) is 0 Å². The molecule has 0 radical (unpaired) electrons. The molecule has 0 aliphatic carbocycles. The number of hydrogen-bond acceptors (Lipinski definition) is 7. The molecule has 162 valence electrons. The second-order valence-corrected chi connectivity index (χ2v) is 8.60. The standard InChI is InChI=1S/C20H28N6O3S/c1-23-18(21-22-20(23)30-2)15-5-3-7-24(13-15)14-17(27)25-8-10-26(11-9-25)19(28)16-6-4-12-29-16/h4,6,12,15H,3,5,7-11,13-14H2,1-2H3. The number of piperidine rings is 1. The first-order valence-electron chi connectivity index (χ1n) is 10.3. The average Bonchev–Trinajstić information content (AvgIpc) is 3.43. The Balaban J connectivity index is 1.29. The summed E-state index contributed by atoms with van der Waals surface area (Å²) in [5, 5.41) is 9.55. The third-order valence-corrected chi connectivity index (χ3v) is 6.65. The molecule has 4 rings (SSSR count). The Morgan fingerprint density at radius 3 is 2.60 bits per heavy atom. The van der Waals surface area contributed by atoms with Crippen LogP contribution >= 0.6 is 11.8 Å². The maximum Gasteiger partial charge on any atom is 0.289 e. The summed E-state index contributed by atoms with van der Waals surface area (Å²) >= 11 is 1.59. The Morgan fingerprint density at radius 2 is 1.93 bits per heavy atom. The lowest BCUT2D eigenvalue weighted by Gasteiger charge is -2.37. The van der Waals surface area contributed by atoms with Crippen molar-refractivity contribution in [1.29, 1.82) is 0 Å². The maximum atomic E-state index is 12.9. The molecule has 1 unspecified atom stereocenters. The summed E-state index contributed by atoms with van der Waals surface area (Å²) in [6.45, 7) is 4.34. The monoisotopic (exact) mass is 432 g/mol. The highest BCUT2D eigenvalue weighted by Gasteiger charge is 2.30. The highest BCUT2D eigenvalue weighted by molar-refractivity contribution is 7.98. The highest BCUT2D eigenvalue weighted by Crippen LogP contribution is 2.27. The topological polar surface area (TPSA) is 87.7 Å². The van der Waals surface area contributed by atoms with Gasteiger partial charge in [-0.15, -0.1) is 10.2 Å². The number of piperazine rings is 1. The van der Waals surface area contributed by atoms with Crippen LogP contribution in [0.3, 0.4) is 0 Å². The normalized spacial score (nSPS) is 20.5. The lowest BCUT2D eigenvalue weighted by atomic mass is 9.97. The largest absolute Gasteiger partial charge is 0.459 e. The lowest BCUT2D eigenvalue weighted by Crippen LogP contribution is -2.53. The summed E-state index contributed by atoms with van der Waals surface area (Å²) in [5.74, 6) is 1.67. The van der Waals surface area contributed by atoms with Crippen LogP contribution in [0.25, 0.3) is 0 Å². The van der Waals surface area contributed by atoms with Crippen molar-refractivity contribution >= 4 is 23.6 Å². The van der Waals surface area contributed by atoms with Crippen LogP contribution in [-0.4, -0.2) is 93.3 Å². The van der Waals surface area contributed by atoms with Crippen LogP contribution in [0.15, 0.2) is 28.0 Å². The van der Waals surface area contributed by atoms with Crippen LogP contribution in [0, 0.1) is 0 Å². The number of hydrogen-bond donors (Lipinski definition) is 0. The molecule has 0 saturated carbocycles. The molecule has 0 N–H and O–H groups in total. The molecule has 30 heavy (non-hydrogen) atoms. The van der Waals surface area contributed by atoms with Gasteiger partial charge in [0.25, 0.3) is 5.91 Å².